The van der Waals surface area contributed by atoms with Gasteiger partial charge < -0.3 is 11.1 Å². The third-order valence-electron chi connectivity index (χ3n) is 3.47. The maximum absolute atomic E-state index is 13.7. The summed E-state index contributed by atoms with van der Waals surface area (Å²) in [5.74, 6) is -5.35. The summed E-state index contributed by atoms with van der Waals surface area (Å²) in [4.78, 5) is 15.0. The summed E-state index contributed by atoms with van der Waals surface area (Å²) in [6.07, 6.45) is 0.922. The lowest BCUT2D eigenvalue weighted by atomic mass is 10.0. The number of nitrogens with two attached hydrogens (primary N) is 1. The van der Waals surface area contributed by atoms with Gasteiger partial charge in [-0.1, -0.05) is 12.1 Å². The Labute approximate surface area is 151 Å². The molecule has 4 nitrogen and oxygen atoms in total. The highest BCUT2D eigenvalue weighted by molar-refractivity contribution is 6.11. The van der Waals surface area contributed by atoms with E-state index in [2.05, 4.69) is 10.3 Å². The Hall–Kier alpha value is -3.23. The molecule has 0 aliphatic rings. The van der Waals surface area contributed by atoms with Crippen molar-refractivity contribution in [2.75, 3.05) is 5.32 Å². The molecule has 0 unspecified atom stereocenters. The molecule has 0 aliphatic carbocycles. The van der Waals surface area contributed by atoms with E-state index in [9.17, 15) is 26.7 Å². The monoisotopic (exact) mass is 383 g/mol. The fraction of sp³-hybridized carbons (Fsp3) is 0.111. The Morgan fingerprint density at radius 1 is 1.07 bits per heavy atom. The molecule has 0 atom stereocenters. The van der Waals surface area contributed by atoms with Gasteiger partial charge in [-0.15, -0.1) is 0 Å². The maximum atomic E-state index is 13.7. The number of aliphatic imine (C=N–C) groups is 1. The number of halogens is 5. The molecule has 142 valence electrons. The van der Waals surface area contributed by atoms with E-state index in [0.29, 0.717) is 17.7 Å². The van der Waals surface area contributed by atoms with E-state index >= 15 is 0 Å². The van der Waals surface area contributed by atoms with Crippen molar-refractivity contribution in [3.8, 4) is 0 Å². The van der Waals surface area contributed by atoms with Crippen molar-refractivity contribution in [1.29, 1.82) is 0 Å². The van der Waals surface area contributed by atoms with E-state index < -0.39 is 35.5 Å². The topological polar surface area (TPSA) is 67.5 Å². The fourth-order valence-corrected chi connectivity index (χ4v) is 2.20. The molecule has 0 aliphatic heterocycles. The molecule has 3 N–H and O–H groups in total. The number of amides is 1. The van der Waals surface area contributed by atoms with E-state index in [4.69, 9.17) is 5.73 Å². The van der Waals surface area contributed by atoms with Gasteiger partial charge >= 0.3 is 6.55 Å². The van der Waals surface area contributed by atoms with Gasteiger partial charge in [0.15, 0.2) is 11.6 Å². The molecule has 9 heteroatoms. The second kappa shape index (κ2) is 8.43. The SMILES string of the molecule is C/C(N)=C(/C=N/C(F)F)c1ccc(NC(=O)c2c(F)ccc(F)c2F)cc1. The van der Waals surface area contributed by atoms with Crippen LogP contribution < -0.4 is 11.1 Å². The van der Waals surface area contributed by atoms with Crippen molar-refractivity contribution in [2.24, 2.45) is 10.7 Å². The minimum atomic E-state index is -2.89. The van der Waals surface area contributed by atoms with Crippen molar-refractivity contribution in [1.82, 2.24) is 0 Å². The van der Waals surface area contributed by atoms with E-state index in [1.165, 1.54) is 31.2 Å². The predicted octanol–water partition coefficient (Wildman–Crippen LogP) is 4.34. The summed E-state index contributed by atoms with van der Waals surface area (Å²) in [5, 5.41) is 2.23. The van der Waals surface area contributed by atoms with Crippen LogP contribution in [-0.2, 0) is 0 Å². The van der Waals surface area contributed by atoms with Crippen LogP contribution in [0.4, 0.5) is 27.6 Å². The van der Waals surface area contributed by atoms with Crippen molar-refractivity contribution in [3.63, 3.8) is 0 Å². The number of carbonyl (C=O) groups excluding carboxylic acids is 1. The Bertz CT molecular complexity index is 904. The molecule has 0 radical (unpaired) electrons. The Kier molecular flexibility index (Phi) is 6.27. The third-order valence-corrected chi connectivity index (χ3v) is 3.47. The number of anilines is 1. The molecule has 0 aromatic heterocycles. The standard InChI is InChI=1S/C18H14F5N3O/c1-9(24)12(8-25-18(22)23)10-2-4-11(5-3-10)26-17(27)15-13(19)6-7-14(20)16(15)21/h2-8,18H,24H2,1H3,(H,26,27)/b12-9+,25-8+. The average molecular weight is 383 g/mol. The molecule has 2 aromatic carbocycles. The van der Waals surface area contributed by atoms with Crippen LogP contribution in [-0.4, -0.2) is 18.7 Å². The minimum Gasteiger partial charge on any atom is -0.402 e. The molecule has 0 saturated heterocycles. The number of hydrogen-bond donors (Lipinski definition) is 2. The molecule has 1 amide bonds. The highest BCUT2D eigenvalue weighted by Gasteiger charge is 2.21. The summed E-state index contributed by atoms with van der Waals surface area (Å²) < 4.78 is 65.0. The zero-order valence-electron chi connectivity index (χ0n) is 13.9. The van der Waals surface area contributed by atoms with E-state index in [1.54, 1.807) is 0 Å². The molecule has 0 spiro atoms. The Morgan fingerprint density at radius 2 is 1.67 bits per heavy atom. The van der Waals surface area contributed by atoms with Gasteiger partial charge in [-0.3, -0.25) is 4.79 Å². The maximum Gasteiger partial charge on any atom is 0.331 e. The Balaban J connectivity index is 2.25. The number of carbonyl (C=O) groups is 1. The van der Waals surface area contributed by atoms with Crippen LogP contribution in [0.15, 0.2) is 47.1 Å². The number of alkyl halides is 2. The van der Waals surface area contributed by atoms with Gasteiger partial charge in [-0.2, -0.15) is 8.78 Å². The van der Waals surface area contributed by atoms with Gasteiger partial charge in [0.1, 0.15) is 11.4 Å². The summed E-state index contributed by atoms with van der Waals surface area (Å²) in [6.45, 7) is -1.40. The van der Waals surface area contributed by atoms with Crippen molar-refractivity contribution < 1.29 is 26.7 Å². The van der Waals surface area contributed by atoms with Gasteiger partial charge in [0.05, 0.1) is 0 Å². The number of nitrogens with zero attached hydrogens (tertiary/aromatic N) is 1. The molecule has 27 heavy (non-hydrogen) atoms. The highest BCUT2D eigenvalue weighted by Crippen LogP contribution is 2.21. The molecular weight excluding hydrogens is 369 g/mol. The first-order chi connectivity index (χ1) is 12.7. The Morgan fingerprint density at radius 3 is 2.22 bits per heavy atom. The van der Waals surface area contributed by atoms with Crippen molar-refractivity contribution in [2.45, 2.75) is 13.5 Å². The molecule has 2 aromatic rings. The first kappa shape index (κ1) is 20.1. The third kappa shape index (κ3) is 4.90. The number of rotatable bonds is 5. The predicted molar refractivity (Wildman–Crippen MR) is 92.0 cm³/mol. The van der Waals surface area contributed by atoms with Crippen LogP contribution in [0.2, 0.25) is 0 Å². The number of allylic oxidation sites excluding steroid dienone is 2. The quantitative estimate of drug-likeness (QED) is 0.349. The molecule has 0 heterocycles. The highest BCUT2D eigenvalue weighted by atomic mass is 19.3. The molecule has 0 fully saturated rings. The normalized spacial score (nSPS) is 12.4. The lowest BCUT2D eigenvalue weighted by molar-refractivity contribution is 0.101. The second-order valence-electron chi connectivity index (χ2n) is 5.40. The first-order valence-electron chi connectivity index (χ1n) is 7.53. The zero-order chi connectivity index (χ0) is 20.1. The largest absolute Gasteiger partial charge is 0.402 e. The van der Waals surface area contributed by atoms with Crippen LogP contribution in [0.25, 0.3) is 5.57 Å². The number of hydrogen-bond acceptors (Lipinski definition) is 3. The van der Waals surface area contributed by atoms with Crippen LogP contribution in [0.1, 0.15) is 22.8 Å². The van der Waals surface area contributed by atoms with E-state index in [1.807, 2.05) is 0 Å². The fourth-order valence-electron chi connectivity index (χ4n) is 2.20. The summed E-state index contributed by atoms with van der Waals surface area (Å²) in [7, 11) is 0. The number of nitrogens with one attached hydrogen (secondary N) is 1. The lowest BCUT2D eigenvalue weighted by Crippen LogP contribution is -2.16. The van der Waals surface area contributed by atoms with Gasteiger partial charge in [-0.05, 0) is 36.8 Å². The van der Waals surface area contributed by atoms with Gasteiger partial charge in [-0.25, -0.2) is 18.2 Å². The van der Waals surface area contributed by atoms with Crippen LogP contribution in [0, 0.1) is 17.5 Å². The van der Waals surface area contributed by atoms with Crippen molar-refractivity contribution >= 4 is 23.4 Å². The van der Waals surface area contributed by atoms with Gasteiger partial charge in [0, 0.05) is 23.2 Å². The molecular formula is C18H14F5N3O. The average Bonchev–Trinajstić information content (AvgIpc) is 2.59. The molecule has 0 saturated carbocycles. The van der Waals surface area contributed by atoms with Gasteiger partial charge in [0.2, 0.25) is 0 Å². The second-order valence-corrected chi connectivity index (χ2v) is 5.40. The zero-order valence-corrected chi connectivity index (χ0v) is 13.9. The lowest BCUT2D eigenvalue weighted by Gasteiger charge is -2.09. The van der Waals surface area contributed by atoms with Gasteiger partial charge in [0.25, 0.3) is 5.91 Å². The van der Waals surface area contributed by atoms with E-state index in [-0.39, 0.29) is 17.0 Å². The summed E-state index contributed by atoms with van der Waals surface area (Å²) in [6, 6.07) is 6.82. The van der Waals surface area contributed by atoms with Crippen LogP contribution in [0.5, 0.6) is 0 Å². The van der Waals surface area contributed by atoms with Crippen LogP contribution in [0.3, 0.4) is 0 Å². The summed E-state index contributed by atoms with van der Waals surface area (Å²) in [5.41, 5.74) is 5.66. The minimum absolute atomic E-state index is 0.145. The van der Waals surface area contributed by atoms with E-state index in [0.717, 1.165) is 6.21 Å². The number of benzene rings is 2. The first-order valence-corrected chi connectivity index (χ1v) is 7.53. The smallest absolute Gasteiger partial charge is 0.331 e. The van der Waals surface area contributed by atoms with Crippen LogP contribution >= 0.6 is 0 Å². The molecule has 2 rings (SSSR count). The molecule has 0 bridgehead atoms. The van der Waals surface area contributed by atoms with Crippen molar-refractivity contribution in [3.05, 3.63) is 70.7 Å². The summed E-state index contributed by atoms with van der Waals surface area (Å²) >= 11 is 0.